The molecule has 1 aromatic rings. The lowest BCUT2D eigenvalue weighted by Gasteiger charge is -2.36. The van der Waals surface area contributed by atoms with Crippen molar-refractivity contribution in [1.82, 2.24) is 14.8 Å². The van der Waals surface area contributed by atoms with E-state index in [0.29, 0.717) is 5.91 Å². The fourth-order valence-electron chi connectivity index (χ4n) is 3.52. The third-order valence-electron chi connectivity index (χ3n) is 5.08. The van der Waals surface area contributed by atoms with E-state index in [1.165, 1.54) is 0 Å². The number of amides is 1. The number of hydrogen-bond acceptors (Lipinski definition) is 4. The molecule has 0 radical (unpaired) electrons. The molecule has 0 spiro atoms. The first-order chi connectivity index (χ1) is 10.6. The van der Waals surface area contributed by atoms with Crippen LogP contribution in [0.2, 0.25) is 0 Å². The summed E-state index contributed by atoms with van der Waals surface area (Å²) in [5.41, 5.74) is 0. The van der Waals surface area contributed by atoms with E-state index in [4.69, 9.17) is 4.42 Å². The molecule has 1 aromatic heterocycles. The van der Waals surface area contributed by atoms with Crippen LogP contribution in [0.25, 0.3) is 0 Å². The Hall–Kier alpha value is -1.36. The highest BCUT2D eigenvalue weighted by Crippen LogP contribution is 2.24. The highest BCUT2D eigenvalue weighted by molar-refractivity contribution is 5.79. The van der Waals surface area contributed by atoms with Gasteiger partial charge in [-0.1, -0.05) is 6.92 Å². The molecule has 0 aliphatic carbocycles. The van der Waals surface area contributed by atoms with Gasteiger partial charge in [0, 0.05) is 25.9 Å². The molecule has 0 atom stereocenters. The number of nitrogens with zero attached hydrogens (tertiary/aromatic N) is 3. The molecule has 5 heteroatoms. The number of carbonyl (C=O) groups is 1. The summed E-state index contributed by atoms with van der Waals surface area (Å²) in [6.45, 7) is 8.82. The summed E-state index contributed by atoms with van der Waals surface area (Å²) in [4.78, 5) is 21.2. The molecule has 2 aliphatic rings. The van der Waals surface area contributed by atoms with Crippen molar-refractivity contribution < 1.29 is 9.21 Å². The summed E-state index contributed by atoms with van der Waals surface area (Å²) in [6, 6.07) is 0. The van der Waals surface area contributed by atoms with Crippen molar-refractivity contribution in [2.24, 2.45) is 11.8 Å². The summed E-state index contributed by atoms with van der Waals surface area (Å²) >= 11 is 0. The Labute approximate surface area is 132 Å². The minimum absolute atomic E-state index is 0.223. The lowest BCUT2D eigenvalue weighted by atomic mass is 9.92. The largest absolute Gasteiger partial charge is 0.445 e. The quantitative estimate of drug-likeness (QED) is 0.861. The predicted molar refractivity (Wildman–Crippen MR) is 84.2 cm³/mol. The lowest BCUT2D eigenvalue weighted by molar-refractivity contribution is -0.138. The van der Waals surface area contributed by atoms with Crippen molar-refractivity contribution >= 4 is 5.91 Å². The number of aromatic nitrogens is 1. The maximum absolute atomic E-state index is 12.6. The Balaban J connectivity index is 1.46. The molecule has 1 amide bonds. The first-order valence-corrected chi connectivity index (χ1v) is 8.54. The van der Waals surface area contributed by atoms with Crippen molar-refractivity contribution in [2.75, 3.05) is 26.2 Å². The van der Waals surface area contributed by atoms with E-state index < -0.39 is 0 Å². The van der Waals surface area contributed by atoms with Crippen LogP contribution < -0.4 is 0 Å². The molecule has 0 aromatic carbocycles. The van der Waals surface area contributed by atoms with Crippen LogP contribution in [0.1, 0.15) is 44.3 Å². The van der Waals surface area contributed by atoms with Crippen LogP contribution in [-0.4, -0.2) is 46.9 Å². The maximum atomic E-state index is 12.6. The summed E-state index contributed by atoms with van der Waals surface area (Å²) in [5, 5.41) is 0. The Kier molecular flexibility index (Phi) is 4.81. The van der Waals surface area contributed by atoms with Crippen LogP contribution in [0.5, 0.6) is 0 Å². The molecule has 122 valence electrons. The number of rotatable bonds is 3. The van der Waals surface area contributed by atoms with E-state index >= 15 is 0 Å². The standard InChI is InChI=1S/C17H27N3O2/c1-13-3-9-20(10-4-13)17(21)15-5-7-19(8-6-15)12-16-11-18-14(2)22-16/h11,13,15H,3-10,12H2,1-2H3. The minimum Gasteiger partial charge on any atom is -0.445 e. The van der Waals surface area contributed by atoms with Crippen LogP contribution >= 0.6 is 0 Å². The first-order valence-electron chi connectivity index (χ1n) is 8.54. The molecule has 2 aliphatic heterocycles. The monoisotopic (exact) mass is 305 g/mol. The fourth-order valence-corrected chi connectivity index (χ4v) is 3.52. The second-order valence-corrected chi connectivity index (χ2v) is 6.90. The van der Waals surface area contributed by atoms with E-state index in [-0.39, 0.29) is 5.92 Å². The Bertz CT molecular complexity index is 498. The van der Waals surface area contributed by atoms with Gasteiger partial charge in [-0.25, -0.2) is 4.98 Å². The van der Waals surface area contributed by atoms with Crippen molar-refractivity contribution in [3.63, 3.8) is 0 Å². The number of hydrogen-bond donors (Lipinski definition) is 0. The van der Waals surface area contributed by atoms with Gasteiger partial charge < -0.3 is 9.32 Å². The lowest BCUT2D eigenvalue weighted by Crippen LogP contribution is -2.45. The molecule has 22 heavy (non-hydrogen) atoms. The maximum Gasteiger partial charge on any atom is 0.225 e. The van der Waals surface area contributed by atoms with Gasteiger partial charge in [-0.3, -0.25) is 9.69 Å². The fraction of sp³-hybridized carbons (Fsp3) is 0.765. The molecular formula is C17H27N3O2. The van der Waals surface area contributed by atoms with E-state index in [9.17, 15) is 4.79 Å². The third kappa shape index (κ3) is 3.69. The highest BCUT2D eigenvalue weighted by Gasteiger charge is 2.30. The molecule has 0 bridgehead atoms. The Morgan fingerprint density at radius 1 is 1.23 bits per heavy atom. The van der Waals surface area contributed by atoms with Gasteiger partial charge in [-0.05, 0) is 44.7 Å². The highest BCUT2D eigenvalue weighted by atomic mass is 16.4. The van der Waals surface area contributed by atoms with Crippen molar-refractivity contribution in [2.45, 2.75) is 46.1 Å². The van der Waals surface area contributed by atoms with Crippen LogP contribution in [0.3, 0.4) is 0 Å². The number of aryl methyl sites for hydroxylation is 1. The van der Waals surface area contributed by atoms with E-state index in [2.05, 4.69) is 21.7 Å². The summed E-state index contributed by atoms with van der Waals surface area (Å²) in [7, 11) is 0. The molecule has 2 fully saturated rings. The Morgan fingerprint density at radius 2 is 1.91 bits per heavy atom. The number of likely N-dealkylation sites (tertiary alicyclic amines) is 2. The van der Waals surface area contributed by atoms with Gasteiger partial charge in [0.25, 0.3) is 0 Å². The topological polar surface area (TPSA) is 49.6 Å². The average Bonchev–Trinajstić information content (AvgIpc) is 2.93. The van der Waals surface area contributed by atoms with Gasteiger partial charge in [0.2, 0.25) is 5.91 Å². The van der Waals surface area contributed by atoms with E-state index in [1.54, 1.807) is 0 Å². The Morgan fingerprint density at radius 3 is 2.50 bits per heavy atom. The number of piperidine rings is 2. The van der Waals surface area contributed by atoms with E-state index in [0.717, 1.165) is 76.0 Å². The zero-order chi connectivity index (χ0) is 15.5. The summed E-state index contributed by atoms with van der Waals surface area (Å²) in [6.07, 6.45) is 6.07. The summed E-state index contributed by atoms with van der Waals surface area (Å²) in [5.74, 6) is 3.03. The van der Waals surface area contributed by atoms with Crippen molar-refractivity contribution in [1.29, 1.82) is 0 Å². The zero-order valence-electron chi connectivity index (χ0n) is 13.8. The van der Waals surface area contributed by atoms with Gasteiger partial charge in [0.1, 0.15) is 5.76 Å². The third-order valence-corrected chi connectivity index (χ3v) is 5.08. The normalized spacial score (nSPS) is 22.2. The summed E-state index contributed by atoms with van der Waals surface area (Å²) < 4.78 is 5.54. The van der Waals surface area contributed by atoms with Crippen molar-refractivity contribution in [3.05, 3.63) is 17.8 Å². The molecule has 5 nitrogen and oxygen atoms in total. The molecular weight excluding hydrogens is 278 g/mol. The van der Waals surface area contributed by atoms with Gasteiger partial charge in [0.05, 0.1) is 12.7 Å². The molecule has 3 rings (SSSR count). The number of oxazole rings is 1. The number of carbonyl (C=O) groups excluding carboxylic acids is 1. The molecule has 0 unspecified atom stereocenters. The molecule has 0 saturated carbocycles. The average molecular weight is 305 g/mol. The second kappa shape index (κ2) is 6.82. The molecule has 3 heterocycles. The minimum atomic E-state index is 0.223. The predicted octanol–water partition coefficient (Wildman–Crippen LogP) is 2.45. The van der Waals surface area contributed by atoms with Gasteiger partial charge in [-0.15, -0.1) is 0 Å². The first kappa shape index (κ1) is 15.5. The second-order valence-electron chi connectivity index (χ2n) is 6.90. The van der Waals surface area contributed by atoms with Gasteiger partial charge >= 0.3 is 0 Å². The van der Waals surface area contributed by atoms with Crippen molar-refractivity contribution in [3.8, 4) is 0 Å². The molecule has 0 N–H and O–H groups in total. The van der Waals surface area contributed by atoms with E-state index in [1.807, 2.05) is 13.1 Å². The van der Waals surface area contributed by atoms with Gasteiger partial charge in [0.15, 0.2) is 5.89 Å². The smallest absolute Gasteiger partial charge is 0.225 e. The zero-order valence-corrected chi connectivity index (χ0v) is 13.8. The molecule has 2 saturated heterocycles. The van der Waals surface area contributed by atoms with Crippen LogP contribution in [0.4, 0.5) is 0 Å². The van der Waals surface area contributed by atoms with Gasteiger partial charge in [-0.2, -0.15) is 0 Å². The SMILES string of the molecule is Cc1ncc(CN2CCC(C(=O)N3CCC(C)CC3)CC2)o1. The van der Waals surface area contributed by atoms with Crippen LogP contribution in [-0.2, 0) is 11.3 Å². The van der Waals surface area contributed by atoms with Crippen LogP contribution in [0.15, 0.2) is 10.6 Å². The van der Waals surface area contributed by atoms with Crippen LogP contribution in [0, 0.1) is 18.8 Å².